The van der Waals surface area contributed by atoms with Crippen molar-refractivity contribution < 1.29 is 9.90 Å². The maximum Gasteiger partial charge on any atom is 0.241 e. The van der Waals surface area contributed by atoms with Crippen LogP contribution >= 0.6 is 0 Å². The van der Waals surface area contributed by atoms with E-state index >= 15 is 0 Å². The number of amides is 1. The number of aryl methyl sites for hydroxylation is 1. The zero-order chi connectivity index (χ0) is 19.0. The number of piperidine rings is 1. The number of aliphatic hydroxyl groups is 1. The topological polar surface area (TPSA) is 56.7 Å². The van der Waals surface area contributed by atoms with Crippen molar-refractivity contribution in [1.82, 2.24) is 9.88 Å². The Bertz CT molecular complexity index is 826. The summed E-state index contributed by atoms with van der Waals surface area (Å²) in [6.07, 6.45) is 3.92. The molecule has 0 bridgehead atoms. The molecular formula is C22H27N3O2. The monoisotopic (exact) mass is 365 g/mol. The molecule has 27 heavy (non-hydrogen) atoms. The number of rotatable bonds is 3. The van der Waals surface area contributed by atoms with E-state index in [0.29, 0.717) is 32.5 Å². The summed E-state index contributed by atoms with van der Waals surface area (Å²) < 4.78 is 0. The molecular weight excluding hydrogens is 338 g/mol. The number of para-hydroxylation sites is 1. The molecule has 1 aromatic carbocycles. The molecule has 3 heterocycles. The van der Waals surface area contributed by atoms with Crippen molar-refractivity contribution in [2.75, 3.05) is 24.5 Å². The van der Waals surface area contributed by atoms with Crippen LogP contribution in [0, 0.1) is 6.92 Å². The summed E-state index contributed by atoms with van der Waals surface area (Å²) in [7, 11) is 0. The third kappa shape index (κ3) is 3.49. The summed E-state index contributed by atoms with van der Waals surface area (Å²) in [5, 5.41) is 11.0. The minimum Gasteiger partial charge on any atom is -0.383 e. The highest BCUT2D eigenvalue weighted by atomic mass is 16.3. The van der Waals surface area contributed by atoms with Crippen molar-refractivity contribution in [3.05, 3.63) is 59.4 Å². The third-order valence-electron chi connectivity index (χ3n) is 5.91. The lowest BCUT2D eigenvalue weighted by molar-refractivity contribution is -0.121. The molecule has 4 rings (SSSR count). The van der Waals surface area contributed by atoms with Crippen LogP contribution in [0.5, 0.6) is 0 Å². The second-order valence-electron chi connectivity index (χ2n) is 7.97. The molecule has 1 amide bonds. The van der Waals surface area contributed by atoms with Gasteiger partial charge in [-0.1, -0.05) is 24.3 Å². The van der Waals surface area contributed by atoms with Crippen LogP contribution in [0.4, 0.5) is 5.69 Å². The number of carbonyl (C=O) groups is 1. The third-order valence-corrected chi connectivity index (χ3v) is 5.91. The van der Waals surface area contributed by atoms with Gasteiger partial charge in [-0.2, -0.15) is 0 Å². The molecule has 0 spiro atoms. The van der Waals surface area contributed by atoms with Crippen LogP contribution in [0.3, 0.4) is 0 Å². The summed E-state index contributed by atoms with van der Waals surface area (Å²) in [5.41, 5.74) is 3.23. The molecule has 0 radical (unpaired) electrons. The Morgan fingerprint density at radius 2 is 1.96 bits per heavy atom. The van der Waals surface area contributed by atoms with Crippen molar-refractivity contribution in [3.63, 3.8) is 0 Å². The fraction of sp³-hybridized carbons (Fsp3) is 0.455. The van der Waals surface area contributed by atoms with E-state index in [1.165, 1.54) is 5.56 Å². The number of fused-ring (bicyclic) bond motifs is 1. The van der Waals surface area contributed by atoms with E-state index < -0.39 is 5.60 Å². The summed E-state index contributed by atoms with van der Waals surface area (Å²) in [6, 6.07) is 12.3. The van der Waals surface area contributed by atoms with E-state index in [2.05, 4.69) is 22.9 Å². The molecule has 1 N–H and O–H groups in total. The van der Waals surface area contributed by atoms with Crippen LogP contribution < -0.4 is 4.90 Å². The van der Waals surface area contributed by atoms with Gasteiger partial charge in [-0.3, -0.25) is 14.7 Å². The van der Waals surface area contributed by atoms with Crippen LogP contribution in [0.1, 0.15) is 36.6 Å². The van der Waals surface area contributed by atoms with Crippen molar-refractivity contribution in [1.29, 1.82) is 0 Å². The number of likely N-dealkylation sites (tertiary alicyclic amines) is 1. The Kier molecular flexibility index (Phi) is 4.74. The molecule has 1 fully saturated rings. The van der Waals surface area contributed by atoms with E-state index in [4.69, 9.17) is 0 Å². The average molecular weight is 365 g/mol. The highest BCUT2D eigenvalue weighted by molar-refractivity contribution is 5.97. The molecule has 2 aliphatic heterocycles. The van der Waals surface area contributed by atoms with E-state index in [0.717, 1.165) is 23.4 Å². The first kappa shape index (κ1) is 18.1. The fourth-order valence-electron chi connectivity index (χ4n) is 4.29. The molecule has 0 saturated carbocycles. The molecule has 0 aliphatic carbocycles. The average Bonchev–Trinajstić information content (AvgIpc) is 3.00. The Morgan fingerprint density at radius 3 is 2.67 bits per heavy atom. The number of hydrogen-bond acceptors (Lipinski definition) is 4. The summed E-state index contributed by atoms with van der Waals surface area (Å²) in [6.45, 7) is 5.89. The van der Waals surface area contributed by atoms with Gasteiger partial charge in [0.05, 0.1) is 12.2 Å². The van der Waals surface area contributed by atoms with E-state index in [1.807, 2.05) is 42.2 Å². The number of nitrogens with zero attached hydrogens (tertiary/aromatic N) is 3. The van der Waals surface area contributed by atoms with Crippen LogP contribution in [-0.4, -0.2) is 46.6 Å². The fourth-order valence-corrected chi connectivity index (χ4v) is 4.29. The van der Waals surface area contributed by atoms with Gasteiger partial charge in [0.2, 0.25) is 5.91 Å². The number of benzene rings is 1. The van der Waals surface area contributed by atoms with Crippen molar-refractivity contribution in [3.8, 4) is 0 Å². The molecule has 142 valence electrons. The quantitative estimate of drug-likeness (QED) is 0.909. The highest BCUT2D eigenvalue weighted by Gasteiger charge is 2.37. The van der Waals surface area contributed by atoms with Crippen LogP contribution in [0.25, 0.3) is 0 Å². The second-order valence-corrected chi connectivity index (χ2v) is 7.97. The van der Waals surface area contributed by atoms with Crippen molar-refractivity contribution in [2.24, 2.45) is 0 Å². The van der Waals surface area contributed by atoms with Gasteiger partial charge in [-0.15, -0.1) is 0 Å². The van der Waals surface area contributed by atoms with Gasteiger partial charge >= 0.3 is 0 Å². The maximum absolute atomic E-state index is 13.0. The highest BCUT2D eigenvalue weighted by Crippen LogP contribution is 2.34. The van der Waals surface area contributed by atoms with E-state index in [-0.39, 0.29) is 11.9 Å². The van der Waals surface area contributed by atoms with Gasteiger partial charge in [0.15, 0.2) is 0 Å². The van der Waals surface area contributed by atoms with Crippen LogP contribution in [0.2, 0.25) is 0 Å². The standard InChI is InChI=1S/C22H27N3O2/c1-16-7-8-20(23-14-16)22(27)9-11-24(12-10-22)15-21(26)25-17(2)13-18-5-3-4-6-19(18)25/h3-8,14,17,27H,9-13,15H2,1-2H3/t17-/m1/s1. The molecule has 0 unspecified atom stereocenters. The zero-order valence-corrected chi connectivity index (χ0v) is 16.1. The lowest BCUT2D eigenvalue weighted by Gasteiger charge is -2.38. The van der Waals surface area contributed by atoms with Crippen molar-refractivity contribution >= 4 is 11.6 Å². The molecule has 1 atom stereocenters. The number of aromatic nitrogens is 1. The predicted octanol–water partition coefficient (Wildman–Crippen LogP) is 2.65. The minimum absolute atomic E-state index is 0.145. The maximum atomic E-state index is 13.0. The number of hydrogen-bond donors (Lipinski definition) is 1. The Morgan fingerprint density at radius 1 is 1.22 bits per heavy atom. The lowest BCUT2D eigenvalue weighted by atomic mass is 9.87. The molecule has 5 heteroatoms. The number of pyridine rings is 1. The smallest absolute Gasteiger partial charge is 0.241 e. The van der Waals surface area contributed by atoms with Gasteiger partial charge < -0.3 is 10.0 Å². The summed E-state index contributed by atoms with van der Waals surface area (Å²) >= 11 is 0. The van der Waals surface area contributed by atoms with Gasteiger partial charge in [0, 0.05) is 31.0 Å². The Balaban J connectivity index is 1.39. The number of anilines is 1. The molecule has 5 nitrogen and oxygen atoms in total. The predicted molar refractivity (Wildman–Crippen MR) is 106 cm³/mol. The van der Waals surface area contributed by atoms with E-state index in [9.17, 15) is 9.90 Å². The minimum atomic E-state index is -0.888. The SMILES string of the molecule is Cc1ccc(C2(O)CCN(CC(=O)N3c4ccccc4C[C@H]3C)CC2)nc1. The summed E-state index contributed by atoms with van der Waals surface area (Å²) in [4.78, 5) is 21.5. The van der Waals surface area contributed by atoms with Crippen LogP contribution in [0.15, 0.2) is 42.6 Å². The van der Waals surface area contributed by atoms with Gasteiger partial charge in [-0.05, 0) is 56.4 Å². The zero-order valence-electron chi connectivity index (χ0n) is 16.1. The van der Waals surface area contributed by atoms with Crippen molar-refractivity contribution in [2.45, 2.75) is 44.8 Å². The van der Waals surface area contributed by atoms with Gasteiger partial charge in [0.25, 0.3) is 0 Å². The molecule has 2 aromatic rings. The molecule has 1 saturated heterocycles. The first-order valence-electron chi connectivity index (χ1n) is 9.74. The van der Waals surface area contributed by atoms with E-state index in [1.54, 1.807) is 6.20 Å². The molecule has 1 aromatic heterocycles. The Labute approximate surface area is 160 Å². The normalized spacial score (nSPS) is 21.9. The first-order chi connectivity index (χ1) is 13.0. The largest absolute Gasteiger partial charge is 0.383 e. The van der Waals surface area contributed by atoms with Gasteiger partial charge in [0.1, 0.15) is 5.60 Å². The van der Waals surface area contributed by atoms with Gasteiger partial charge in [-0.25, -0.2) is 0 Å². The number of carbonyl (C=O) groups excluding carboxylic acids is 1. The Hall–Kier alpha value is -2.24. The first-order valence-corrected chi connectivity index (χ1v) is 9.74. The van der Waals surface area contributed by atoms with Crippen LogP contribution in [-0.2, 0) is 16.8 Å². The summed E-state index contributed by atoms with van der Waals surface area (Å²) in [5.74, 6) is 0.145. The lowest BCUT2D eigenvalue weighted by Crippen LogP contribution is -2.48. The second kappa shape index (κ2) is 7.06. The molecule has 2 aliphatic rings.